The van der Waals surface area contributed by atoms with Gasteiger partial charge in [0.05, 0.1) is 37.5 Å². The smallest absolute Gasteiger partial charge is 0.355 e. The molecule has 27 heteroatoms. The average Bonchev–Trinajstić information content (AvgIpc) is 4.12. The highest BCUT2D eigenvalue weighted by Gasteiger charge is 2.66. The molecule has 4 aliphatic carbocycles. The van der Waals surface area contributed by atoms with Gasteiger partial charge in [0.15, 0.2) is 0 Å². The van der Waals surface area contributed by atoms with Crippen LogP contribution in [0.4, 0.5) is 0 Å². The molecule has 0 bridgehead atoms. The van der Waals surface area contributed by atoms with E-state index in [9.17, 15) is 54.0 Å². The SMILES string of the molecule is Cc1cn([C@H]2CC(N=[N+]=[N-])[C@@H](COP(=O)(NCCNCCNC(=O)CCC(C)[C@H]3CC[C@H]4[C@@H]5C(=O)C[C@@H]6CC(=O)CC[C@]6(C)[C@H]5CC(=O)[C@]34C)OC[C@H]3O[C@@H](n4cc(C)c(=O)[nH]c4=O)CC3N=[N+]=[N-])O2)c(=O)[nH]c1=O. The number of nitrogens with zero attached hydrogens (tertiary/aromatic N) is 8. The van der Waals surface area contributed by atoms with Crippen molar-refractivity contribution in [2.45, 2.75) is 142 Å². The van der Waals surface area contributed by atoms with Crippen LogP contribution in [0.5, 0.6) is 0 Å². The van der Waals surface area contributed by atoms with Crippen LogP contribution in [0, 0.1) is 60.2 Å². The summed E-state index contributed by atoms with van der Waals surface area (Å²) in [5.41, 5.74) is 15.7. The van der Waals surface area contributed by atoms with E-state index >= 15 is 0 Å². The number of aromatic amines is 2. The number of ether oxygens (including phenoxy) is 2. The summed E-state index contributed by atoms with van der Waals surface area (Å²) in [6, 6.07) is -1.81. The second-order valence-corrected chi connectivity index (χ2v) is 23.6. The maximum absolute atomic E-state index is 14.5. The van der Waals surface area contributed by atoms with E-state index in [4.69, 9.17) is 18.5 Å². The van der Waals surface area contributed by atoms with Crippen LogP contribution in [0.1, 0.15) is 115 Å². The van der Waals surface area contributed by atoms with Gasteiger partial charge in [-0.25, -0.2) is 19.2 Å². The minimum atomic E-state index is -4.36. The van der Waals surface area contributed by atoms with Gasteiger partial charge in [0.2, 0.25) is 5.91 Å². The van der Waals surface area contributed by atoms with Crippen LogP contribution >= 0.6 is 7.75 Å². The van der Waals surface area contributed by atoms with Crippen molar-refractivity contribution in [2.75, 3.05) is 39.4 Å². The molecule has 0 aromatic carbocycles. The third-order valence-corrected chi connectivity index (χ3v) is 19.1. The summed E-state index contributed by atoms with van der Waals surface area (Å²) >= 11 is 0. The predicted octanol–water partition coefficient (Wildman–Crippen LogP) is 4.08. The molecule has 5 N–H and O–H groups in total. The number of hydrogen-bond donors (Lipinski definition) is 5. The Hall–Kier alpha value is -5.55. The summed E-state index contributed by atoms with van der Waals surface area (Å²) in [6.07, 6.45) is 3.50. The monoisotopic (exact) mass is 1070 g/mol. The summed E-state index contributed by atoms with van der Waals surface area (Å²) in [5, 5.41) is 16.5. The van der Waals surface area contributed by atoms with Gasteiger partial charge in [0.1, 0.15) is 29.8 Å². The average molecular weight is 1070 g/mol. The summed E-state index contributed by atoms with van der Waals surface area (Å²) in [7, 11) is -4.36. The number of nitrogens with one attached hydrogen (secondary N) is 5. The summed E-state index contributed by atoms with van der Waals surface area (Å²) < 4.78 is 40.7. The molecule has 6 aliphatic rings. The van der Waals surface area contributed by atoms with Crippen LogP contribution in [0.2, 0.25) is 0 Å². The first-order valence-corrected chi connectivity index (χ1v) is 27.5. The van der Waals surface area contributed by atoms with Gasteiger partial charge >= 0.3 is 19.1 Å². The van der Waals surface area contributed by atoms with Gasteiger partial charge in [-0.3, -0.25) is 56.9 Å². The first-order chi connectivity index (χ1) is 35.7. The predicted molar refractivity (Wildman–Crippen MR) is 268 cm³/mol. The Morgan fingerprint density at radius 3 is 1.99 bits per heavy atom. The lowest BCUT2D eigenvalue weighted by Crippen LogP contribution is -2.60. The molecular weight excluding hydrogens is 998 g/mol. The summed E-state index contributed by atoms with van der Waals surface area (Å²) in [4.78, 5) is 113. The largest absolute Gasteiger partial charge is 0.405 e. The molecule has 6 fully saturated rings. The Balaban J connectivity index is 0.838. The van der Waals surface area contributed by atoms with Gasteiger partial charge in [0.25, 0.3) is 11.1 Å². The second kappa shape index (κ2) is 23.0. The van der Waals surface area contributed by atoms with Gasteiger partial charge in [0, 0.05) is 116 Å². The van der Waals surface area contributed by atoms with E-state index < -0.39 is 85.6 Å². The Bertz CT molecular complexity index is 2810. The van der Waals surface area contributed by atoms with Crippen LogP contribution in [0.15, 0.2) is 41.8 Å². The topological polar surface area (TPSA) is 366 Å². The molecular formula is C48H68N13O13P. The Morgan fingerprint density at radius 2 is 1.41 bits per heavy atom. The number of aromatic nitrogens is 4. The van der Waals surface area contributed by atoms with E-state index in [1.807, 2.05) is 0 Å². The van der Waals surface area contributed by atoms with Gasteiger partial charge in [-0.05, 0) is 85.6 Å². The fourth-order valence-corrected chi connectivity index (χ4v) is 14.6. The van der Waals surface area contributed by atoms with E-state index in [2.05, 4.69) is 66.5 Å². The fourth-order valence-electron chi connectivity index (χ4n) is 13.3. The van der Waals surface area contributed by atoms with Gasteiger partial charge in [-0.15, -0.1) is 0 Å². The van der Waals surface area contributed by atoms with Crippen LogP contribution in [0.25, 0.3) is 20.9 Å². The Kier molecular flexibility index (Phi) is 17.0. The summed E-state index contributed by atoms with van der Waals surface area (Å²) in [6.45, 7) is 9.23. The first kappa shape index (κ1) is 55.7. The number of Topliss-reactive ketones (excluding diaryl/α,β-unsaturated/α-hetero) is 3. The number of amides is 1. The van der Waals surface area contributed by atoms with E-state index in [1.54, 1.807) is 0 Å². The number of aryl methyl sites for hydroxylation is 2. The van der Waals surface area contributed by atoms with Crippen LogP contribution in [-0.2, 0) is 42.3 Å². The minimum Gasteiger partial charge on any atom is -0.355 e. The van der Waals surface area contributed by atoms with Crippen molar-refractivity contribution in [1.29, 1.82) is 0 Å². The molecule has 0 radical (unpaired) electrons. The Morgan fingerprint density at radius 1 is 0.840 bits per heavy atom. The number of hydrogen-bond acceptors (Lipinski definition) is 16. The Labute approximate surface area is 431 Å². The molecule has 1 amide bonds. The molecule has 2 aromatic rings. The van der Waals surface area contributed by atoms with Crippen LogP contribution in [-0.4, -0.2) is 106 Å². The third-order valence-electron chi connectivity index (χ3n) is 17.5. The lowest BCUT2D eigenvalue weighted by Gasteiger charge is -2.58. The number of rotatable bonds is 21. The molecule has 14 atom stereocenters. The molecule has 3 unspecified atom stereocenters. The van der Waals surface area contributed by atoms with Crippen molar-refractivity contribution < 1.29 is 42.3 Å². The minimum absolute atomic E-state index is 0.00471. The van der Waals surface area contributed by atoms with Crippen molar-refractivity contribution in [3.05, 3.63) is 86.1 Å². The molecule has 4 saturated carbocycles. The lowest BCUT2D eigenvalue weighted by molar-refractivity contribution is -0.166. The number of fused-ring (bicyclic) bond motifs is 5. The highest BCUT2D eigenvalue weighted by Crippen LogP contribution is 2.66. The van der Waals surface area contributed by atoms with E-state index in [0.29, 0.717) is 38.6 Å². The molecule has 2 aliphatic heterocycles. The zero-order chi connectivity index (χ0) is 54.0. The van der Waals surface area contributed by atoms with Crippen molar-refractivity contribution in [3.8, 4) is 0 Å². The van der Waals surface area contributed by atoms with Crippen LogP contribution < -0.4 is 38.2 Å². The number of carbonyl (C=O) groups excluding carboxylic acids is 4. The lowest BCUT2D eigenvalue weighted by atomic mass is 9.44. The number of H-pyrrole nitrogens is 2. The number of carbonyl (C=O) groups is 4. The molecule has 26 nitrogen and oxygen atoms in total. The quantitative estimate of drug-likeness (QED) is 0.0387. The summed E-state index contributed by atoms with van der Waals surface area (Å²) in [5.74, 6) is 0.395. The number of ketones is 3. The van der Waals surface area contributed by atoms with Crippen molar-refractivity contribution in [3.63, 3.8) is 0 Å². The van der Waals surface area contributed by atoms with Crippen molar-refractivity contribution in [2.24, 2.45) is 56.6 Å². The maximum Gasteiger partial charge on any atom is 0.405 e. The molecule has 2 saturated heterocycles. The first-order valence-electron chi connectivity index (χ1n) is 25.9. The van der Waals surface area contributed by atoms with E-state index in [1.165, 1.54) is 26.2 Å². The van der Waals surface area contributed by atoms with E-state index in [0.717, 1.165) is 28.4 Å². The van der Waals surface area contributed by atoms with Gasteiger partial charge in [-0.2, -0.15) is 0 Å². The highest BCUT2D eigenvalue weighted by molar-refractivity contribution is 7.51. The maximum atomic E-state index is 14.5. The second-order valence-electron chi connectivity index (χ2n) is 21.8. The fraction of sp³-hybridized carbons (Fsp3) is 0.750. The molecule has 4 heterocycles. The highest BCUT2D eigenvalue weighted by atomic mass is 31.2. The normalized spacial score (nSPS) is 33.3. The van der Waals surface area contributed by atoms with E-state index in [-0.39, 0.29) is 114 Å². The molecule has 0 spiro atoms. The molecule has 75 heavy (non-hydrogen) atoms. The molecule has 8 rings (SSSR count). The van der Waals surface area contributed by atoms with Crippen molar-refractivity contribution in [1.82, 2.24) is 34.8 Å². The zero-order valence-electron chi connectivity index (χ0n) is 42.9. The third kappa shape index (κ3) is 11.6. The zero-order valence-corrected chi connectivity index (χ0v) is 43.8. The van der Waals surface area contributed by atoms with Gasteiger partial charge < -0.3 is 20.1 Å². The molecule has 2 aromatic heterocycles. The molecule has 408 valence electrons. The van der Waals surface area contributed by atoms with Crippen molar-refractivity contribution >= 4 is 31.0 Å². The van der Waals surface area contributed by atoms with Gasteiger partial charge in [-0.1, -0.05) is 31.0 Å². The van der Waals surface area contributed by atoms with Crippen LogP contribution in [0.3, 0.4) is 0 Å². The number of azide groups is 2. The standard InChI is InChI=1S/C48H68N13O13P/c1-25(30-7-8-31-42-32(18-38(64)48(30,31)5)47(4)11-10-29(62)16-28(47)17-35(42)63)6-9-39(65)52-14-12-51-13-15-53-75(70,71-23-36-33(56-58-49)19-40(73-36)60-21-26(2)43(66)54-45(60)68)72-24-37-34(57-59-50)20-41(74-37)61-22-27(3)44(67)55-46(61)69/h21-22,25,28,30-34,36-37,40-42,51H,6-20,23-24H2,1-5H3,(H,52,65)(H,53,70)(H,54,66,68)(H,55,67,69)/t25?,28-,30+,31-,32-,33?,34?,36+,37+,40+,41+,42-,47-,48+,75?/m0/s1.